The topological polar surface area (TPSA) is 29.9 Å². The van der Waals surface area contributed by atoms with Crippen molar-refractivity contribution >= 4 is 0 Å². The van der Waals surface area contributed by atoms with Crippen LogP contribution in [-0.4, -0.2) is 16.1 Å². The number of imidazole rings is 1. The van der Waals surface area contributed by atoms with Crippen molar-refractivity contribution in [3.8, 4) is 0 Å². The average molecular weight is 247 g/mol. The van der Waals surface area contributed by atoms with Crippen LogP contribution in [0.25, 0.3) is 0 Å². The molecule has 1 fully saturated rings. The lowest BCUT2D eigenvalue weighted by molar-refractivity contribution is 0.307. The number of fused-ring (bicyclic) bond motifs is 1. The fourth-order valence-corrected chi connectivity index (χ4v) is 3.76. The van der Waals surface area contributed by atoms with E-state index >= 15 is 0 Å². The second-order valence-corrected chi connectivity index (χ2v) is 6.14. The van der Waals surface area contributed by atoms with Gasteiger partial charge in [-0.25, -0.2) is 4.98 Å². The van der Waals surface area contributed by atoms with Gasteiger partial charge in [-0.05, 0) is 26.2 Å². The van der Waals surface area contributed by atoms with Gasteiger partial charge >= 0.3 is 0 Å². The minimum absolute atomic E-state index is 0.350. The molecule has 3 nitrogen and oxygen atoms in total. The highest BCUT2D eigenvalue weighted by atomic mass is 15.2. The molecule has 1 aromatic rings. The van der Waals surface area contributed by atoms with Gasteiger partial charge in [0, 0.05) is 37.2 Å². The largest absolute Gasteiger partial charge is 0.326 e. The molecule has 1 aliphatic carbocycles. The molecule has 0 aromatic carbocycles. The summed E-state index contributed by atoms with van der Waals surface area (Å²) in [5.74, 6) is 1.34. The summed E-state index contributed by atoms with van der Waals surface area (Å²) < 4.78 is 2.64. The van der Waals surface area contributed by atoms with E-state index in [1.54, 1.807) is 0 Å². The van der Waals surface area contributed by atoms with E-state index in [0.717, 1.165) is 25.9 Å². The van der Waals surface area contributed by atoms with Crippen LogP contribution in [0.15, 0.2) is 0 Å². The summed E-state index contributed by atoms with van der Waals surface area (Å²) in [5.41, 5.74) is 3.20. The number of aryl methyl sites for hydroxylation is 1. The van der Waals surface area contributed by atoms with Crippen LogP contribution >= 0.6 is 0 Å². The predicted molar refractivity (Wildman–Crippen MR) is 73.7 cm³/mol. The first-order chi connectivity index (χ1) is 8.74. The maximum Gasteiger partial charge on any atom is 0.109 e. The van der Waals surface area contributed by atoms with Gasteiger partial charge in [-0.1, -0.05) is 19.8 Å². The van der Waals surface area contributed by atoms with Crippen LogP contribution in [0, 0.1) is 0 Å². The van der Waals surface area contributed by atoms with Gasteiger partial charge in [0.25, 0.3) is 0 Å². The molecule has 0 spiro atoms. The molecule has 3 rings (SSSR count). The monoisotopic (exact) mass is 247 g/mol. The Balaban J connectivity index is 2.06. The van der Waals surface area contributed by atoms with Gasteiger partial charge in [-0.2, -0.15) is 0 Å². The zero-order valence-corrected chi connectivity index (χ0v) is 11.8. The van der Waals surface area contributed by atoms with Crippen molar-refractivity contribution in [2.45, 2.75) is 70.9 Å². The Morgan fingerprint density at radius 2 is 2.11 bits per heavy atom. The SMILES string of the molecule is CCCc1nc2c(n1C1(C)CCCC1)CCNC2. The number of aromatic nitrogens is 2. The summed E-state index contributed by atoms with van der Waals surface area (Å²) in [5, 5.41) is 3.45. The fraction of sp³-hybridized carbons (Fsp3) is 0.800. The molecular formula is C15H25N3. The average Bonchev–Trinajstić information content (AvgIpc) is 2.93. The van der Waals surface area contributed by atoms with Crippen LogP contribution in [-0.2, 0) is 24.9 Å². The van der Waals surface area contributed by atoms with Crippen molar-refractivity contribution in [3.05, 3.63) is 17.2 Å². The van der Waals surface area contributed by atoms with Crippen LogP contribution in [0.3, 0.4) is 0 Å². The second kappa shape index (κ2) is 4.69. The number of hydrogen-bond acceptors (Lipinski definition) is 2. The molecule has 0 atom stereocenters. The van der Waals surface area contributed by atoms with E-state index in [4.69, 9.17) is 4.98 Å². The van der Waals surface area contributed by atoms with Crippen molar-refractivity contribution in [2.75, 3.05) is 6.54 Å². The molecule has 3 heteroatoms. The van der Waals surface area contributed by atoms with Gasteiger partial charge < -0.3 is 9.88 Å². The normalized spacial score (nSPS) is 22.1. The molecule has 18 heavy (non-hydrogen) atoms. The molecule has 1 saturated carbocycles. The summed E-state index contributed by atoms with van der Waals surface area (Å²) in [6.45, 7) is 6.78. The number of nitrogens with one attached hydrogen (secondary N) is 1. The Bertz CT molecular complexity index is 427. The van der Waals surface area contributed by atoms with Crippen LogP contribution in [0.2, 0.25) is 0 Å². The smallest absolute Gasteiger partial charge is 0.109 e. The Morgan fingerprint density at radius 1 is 1.33 bits per heavy atom. The lowest BCUT2D eigenvalue weighted by atomic mass is 9.98. The summed E-state index contributed by atoms with van der Waals surface area (Å²) >= 11 is 0. The Hall–Kier alpha value is -0.830. The maximum atomic E-state index is 4.93. The molecule has 2 aliphatic rings. The van der Waals surface area contributed by atoms with E-state index < -0.39 is 0 Å². The molecule has 0 radical (unpaired) electrons. The summed E-state index contributed by atoms with van der Waals surface area (Å²) in [7, 11) is 0. The highest BCUT2D eigenvalue weighted by Gasteiger charge is 2.35. The molecule has 0 saturated heterocycles. The summed E-state index contributed by atoms with van der Waals surface area (Å²) in [6, 6.07) is 0. The Morgan fingerprint density at radius 3 is 2.83 bits per heavy atom. The van der Waals surface area contributed by atoms with E-state index in [-0.39, 0.29) is 0 Å². The molecule has 1 N–H and O–H groups in total. The molecule has 1 aliphatic heterocycles. The first-order valence-electron chi connectivity index (χ1n) is 7.55. The van der Waals surface area contributed by atoms with Gasteiger partial charge in [0.05, 0.1) is 5.69 Å². The molecule has 0 bridgehead atoms. The zero-order valence-electron chi connectivity index (χ0n) is 11.8. The van der Waals surface area contributed by atoms with E-state index in [2.05, 4.69) is 23.7 Å². The zero-order chi connectivity index (χ0) is 12.6. The molecule has 100 valence electrons. The van der Waals surface area contributed by atoms with Crippen LogP contribution in [0.4, 0.5) is 0 Å². The van der Waals surface area contributed by atoms with Gasteiger partial charge in [-0.3, -0.25) is 0 Å². The standard InChI is InChI=1S/C15H25N3/c1-3-6-14-17-12-11-16-10-7-13(12)18(14)15(2)8-4-5-9-15/h16H,3-11H2,1-2H3. The molecule has 0 amide bonds. The summed E-state index contributed by atoms with van der Waals surface area (Å²) in [6.07, 6.45) is 8.91. The predicted octanol–water partition coefficient (Wildman–Crippen LogP) is 2.77. The lowest BCUT2D eigenvalue weighted by Gasteiger charge is -2.31. The van der Waals surface area contributed by atoms with Crippen LogP contribution in [0.1, 0.15) is 63.2 Å². The minimum Gasteiger partial charge on any atom is -0.326 e. The van der Waals surface area contributed by atoms with E-state index in [9.17, 15) is 0 Å². The first-order valence-corrected chi connectivity index (χ1v) is 7.55. The third-order valence-electron chi connectivity index (χ3n) is 4.65. The third kappa shape index (κ3) is 1.89. The molecule has 1 aromatic heterocycles. The first kappa shape index (κ1) is 12.2. The highest BCUT2D eigenvalue weighted by Crippen LogP contribution is 2.39. The van der Waals surface area contributed by atoms with Gasteiger partial charge in [0.15, 0.2) is 0 Å². The van der Waals surface area contributed by atoms with E-state index in [1.165, 1.54) is 49.3 Å². The number of rotatable bonds is 3. The fourth-order valence-electron chi connectivity index (χ4n) is 3.76. The van der Waals surface area contributed by atoms with Crippen molar-refractivity contribution in [1.29, 1.82) is 0 Å². The lowest BCUT2D eigenvalue weighted by Crippen LogP contribution is -2.33. The number of nitrogens with zero attached hydrogens (tertiary/aromatic N) is 2. The van der Waals surface area contributed by atoms with Gasteiger partial charge in [0.1, 0.15) is 5.82 Å². The van der Waals surface area contributed by atoms with Crippen molar-refractivity contribution in [3.63, 3.8) is 0 Å². The summed E-state index contributed by atoms with van der Waals surface area (Å²) in [4.78, 5) is 4.93. The van der Waals surface area contributed by atoms with Crippen LogP contribution in [0.5, 0.6) is 0 Å². The van der Waals surface area contributed by atoms with Crippen molar-refractivity contribution in [2.24, 2.45) is 0 Å². The van der Waals surface area contributed by atoms with Gasteiger partial charge in [-0.15, -0.1) is 0 Å². The van der Waals surface area contributed by atoms with Gasteiger partial charge in [0.2, 0.25) is 0 Å². The molecule has 0 unspecified atom stereocenters. The molecule has 2 heterocycles. The third-order valence-corrected chi connectivity index (χ3v) is 4.65. The van der Waals surface area contributed by atoms with E-state index in [1.807, 2.05) is 0 Å². The maximum absolute atomic E-state index is 4.93. The van der Waals surface area contributed by atoms with Crippen LogP contribution < -0.4 is 5.32 Å². The quantitative estimate of drug-likeness (QED) is 0.890. The highest BCUT2D eigenvalue weighted by molar-refractivity contribution is 5.23. The van der Waals surface area contributed by atoms with Crippen molar-refractivity contribution in [1.82, 2.24) is 14.9 Å². The Labute approximate surface area is 110 Å². The second-order valence-electron chi connectivity index (χ2n) is 6.14. The van der Waals surface area contributed by atoms with E-state index in [0.29, 0.717) is 5.54 Å². The molecular weight excluding hydrogens is 222 g/mol. The minimum atomic E-state index is 0.350. The Kier molecular flexibility index (Phi) is 3.18. The van der Waals surface area contributed by atoms with Crippen molar-refractivity contribution < 1.29 is 0 Å². The number of hydrogen-bond donors (Lipinski definition) is 1.